The van der Waals surface area contributed by atoms with E-state index in [2.05, 4.69) is 40.8 Å². The molecular formula is C27H46O5Si. The van der Waals surface area contributed by atoms with E-state index in [1.165, 1.54) is 0 Å². The van der Waals surface area contributed by atoms with Gasteiger partial charge in [-0.3, -0.25) is 4.79 Å². The summed E-state index contributed by atoms with van der Waals surface area (Å²) in [7, 11) is -1.79. The van der Waals surface area contributed by atoms with Crippen LogP contribution in [0.3, 0.4) is 0 Å². The van der Waals surface area contributed by atoms with Gasteiger partial charge in [0.05, 0.1) is 18.3 Å². The van der Waals surface area contributed by atoms with Crippen molar-refractivity contribution in [2.24, 2.45) is 0 Å². The fraction of sp³-hybridized carbons (Fsp3) is 0.741. The van der Waals surface area contributed by atoms with Crippen molar-refractivity contribution in [3.63, 3.8) is 0 Å². The Kier molecular flexibility index (Phi) is 11.2. The third kappa shape index (κ3) is 9.61. The molecule has 1 aliphatic rings. The molecule has 33 heavy (non-hydrogen) atoms. The highest BCUT2D eigenvalue weighted by Gasteiger charge is 2.38. The normalized spacial score (nSPS) is 22.8. The Morgan fingerprint density at radius 2 is 1.79 bits per heavy atom. The van der Waals surface area contributed by atoms with E-state index in [0.717, 1.165) is 37.7 Å². The van der Waals surface area contributed by atoms with Crippen molar-refractivity contribution in [3.05, 3.63) is 35.9 Å². The predicted molar refractivity (Wildman–Crippen MR) is 136 cm³/mol. The maximum atomic E-state index is 12.7. The van der Waals surface area contributed by atoms with Crippen molar-refractivity contribution in [2.75, 3.05) is 6.61 Å². The molecule has 0 aliphatic carbocycles. The van der Waals surface area contributed by atoms with Gasteiger partial charge < -0.3 is 19.0 Å². The van der Waals surface area contributed by atoms with E-state index in [1.54, 1.807) is 0 Å². The maximum Gasteiger partial charge on any atom is 0.191 e. The highest BCUT2D eigenvalue weighted by molar-refractivity contribution is 6.74. The number of hydrogen-bond donors (Lipinski definition) is 1. The highest BCUT2D eigenvalue weighted by Crippen LogP contribution is 2.37. The lowest BCUT2D eigenvalue weighted by molar-refractivity contribution is -0.247. The molecule has 2 rings (SSSR count). The van der Waals surface area contributed by atoms with Crippen molar-refractivity contribution >= 4 is 14.1 Å². The zero-order chi connectivity index (χ0) is 24.5. The molecule has 6 heteroatoms. The third-order valence-electron chi connectivity index (χ3n) is 7.03. The molecule has 0 aromatic heterocycles. The monoisotopic (exact) mass is 478 g/mol. The van der Waals surface area contributed by atoms with E-state index in [1.807, 2.05) is 30.3 Å². The average molecular weight is 479 g/mol. The first-order chi connectivity index (χ1) is 15.5. The lowest BCUT2D eigenvalue weighted by atomic mass is 9.98. The standard InChI is InChI=1S/C27H46O5Si/c1-7-8-10-15-26-31-23(16-17-30-33(5,6)27(2,3)4)20-24(32-26)18-22(28)19-25(29)21-13-11-9-12-14-21/h9,11-14,23-26,29H,7-8,10,15-20H2,1-6H3/t23-,24+,25+,26-/m1/s1. The zero-order valence-electron chi connectivity index (χ0n) is 21.6. The number of ketones is 1. The fourth-order valence-electron chi connectivity index (χ4n) is 3.89. The minimum absolute atomic E-state index is 0.0295. The largest absolute Gasteiger partial charge is 0.417 e. The molecule has 0 amide bonds. The van der Waals surface area contributed by atoms with Gasteiger partial charge in [0.1, 0.15) is 5.78 Å². The summed E-state index contributed by atoms with van der Waals surface area (Å²) in [5.74, 6) is 0.0295. The number of rotatable bonds is 13. The molecular weight excluding hydrogens is 432 g/mol. The van der Waals surface area contributed by atoms with Crippen molar-refractivity contribution in [1.29, 1.82) is 0 Å². The molecule has 0 saturated carbocycles. The first-order valence-electron chi connectivity index (χ1n) is 12.7. The molecule has 1 N–H and O–H groups in total. The van der Waals surface area contributed by atoms with Gasteiger partial charge in [-0.05, 0) is 43.0 Å². The molecule has 4 atom stereocenters. The summed E-state index contributed by atoms with van der Waals surface area (Å²) in [5, 5.41) is 10.6. The Labute approximate surface area is 202 Å². The van der Waals surface area contributed by atoms with Crippen LogP contribution in [-0.2, 0) is 18.7 Å². The van der Waals surface area contributed by atoms with Crippen LogP contribution < -0.4 is 0 Å². The van der Waals surface area contributed by atoms with Crippen LogP contribution in [0.5, 0.6) is 0 Å². The number of ether oxygens (including phenoxy) is 2. The number of Topliss-reactive ketones (excluding diaryl/α,β-unsaturated/α-hetero) is 1. The Morgan fingerprint density at radius 1 is 1.12 bits per heavy atom. The number of unbranched alkanes of at least 4 members (excludes halogenated alkanes) is 2. The summed E-state index contributed by atoms with van der Waals surface area (Å²) in [5.41, 5.74) is 0.775. The third-order valence-corrected chi connectivity index (χ3v) is 11.6. The predicted octanol–water partition coefficient (Wildman–Crippen LogP) is 6.56. The Hall–Kier alpha value is -1.05. The molecule has 0 bridgehead atoms. The van der Waals surface area contributed by atoms with Gasteiger partial charge in [0.25, 0.3) is 0 Å². The van der Waals surface area contributed by atoms with Crippen molar-refractivity contribution in [1.82, 2.24) is 0 Å². The van der Waals surface area contributed by atoms with Crippen LogP contribution in [0, 0.1) is 0 Å². The van der Waals surface area contributed by atoms with Crippen LogP contribution in [0.2, 0.25) is 18.1 Å². The highest BCUT2D eigenvalue weighted by atomic mass is 28.4. The lowest BCUT2D eigenvalue weighted by Crippen LogP contribution is -2.43. The molecule has 5 nitrogen and oxygen atoms in total. The summed E-state index contributed by atoms with van der Waals surface area (Å²) >= 11 is 0. The Bertz CT molecular complexity index is 700. The summed E-state index contributed by atoms with van der Waals surface area (Å²) < 4.78 is 18.8. The molecule has 0 radical (unpaired) electrons. The fourth-order valence-corrected chi connectivity index (χ4v) is 4.95. The van der Waals surface area contributed by atoms with E-state index >= 15 is 0 Å². The van der Waals surface area contributed by atoms with Crippen molar-refractivity contribution in [2.45, 2.75) is 122 Å². The number of aliphatic hydroxyl groups is 1. The first kappa shape index (κ1) is 28.2. The van der Waals surface area contributed by atoms with E-state index in [9.17, 15) is 9.90 Å². The minimum atomic E-state index is -1.79. The van der Waals surface area contributed by atoms with Crippen LogP contribution in [0.1, 0.15) is 90.7 Å². The molecule has 1 aromatic rings. The Balaban J connectivity index is 1.91. The summed E-state index contributed by atoms with van der Waals surface area (Å²) in [6, 6.07) is 9.36. The molecule has 0 unspecified atom stereocenters. The van der Waals surface area contributed by atoms with Gasteiger partial charge >= 0.3 is 0 Å². The van der Waals surface area contributed by atoms with Gasteiger partial charge in [-0.25, -0.2) is 0 Å². The number of aliphatic hydroxyl groups excluding tert-OH is 1. The molecule has 1 fully saturated rings. The van der Waals surface area contributed by atoms with Gasteiger partial charge in [0.2, 0.25) is 0 Å². The van der Waals surface area contributed by atoms with Crippen LogP contribution in [0.15, 0.2) is 30.3 Å². The smallest absolute Gasteiger partial charge is 0.191 e. The Morgan fingerprint density at radius 3 is 2.42 bits per heavy atom. The molecule has 1 aliphatic heterocycles. The zero-order valence-corrected chi connectivity index (χ0v) is 22.6. The minimum Gasteiger partial charge on any atom is -0.417 e. The summed E-state index contributed by atoms with van der Waals surface area (Å²) in [6.07, 6.45) is 4.98. The van der Waals surface area contributed by atoms with Gasteiger partial charge in [-0.15, -0.1) is 0 Å². The maximum absolute atomic E-state index is 12.7. The topological polar surface area (TPSA) is 65.0 Å². The second kappa shape index (κ2) is 13.1. The van der Waals surface area contributed by atoms with E-state index in [-0.39, 0.29) is 35.7 Å². The number of carbonyl (C=O) groups excluding carboxylic acids is 1. The van der Waals surface area contributed by atoms with Crippen LogP contribution in [0.4, 0.5) is 0 Å². The van der Waals surface area contributed by atoms with E-state index in [4.69, 9.17) is 13.9 Å². The number of carbonyl (C=O) groups is 1. The molecule has 1 heterocycles. The second-order valence-corrected chi connectivity index (χ2v) is 15.8. The summed E-state index contributed by atoms with van der Waals surface area (Å²) in [6.45, 7) is 14.1. The first-order valence-corrected chi connectivity index (χ1v) is 15.6. The molecule has 188 valence electrons. The van der Waals surface area contributed by atoms with Crippen LogP contribution >= 0.6 is 0 Å². The van der Waals surface area contributed by atoms with Crippen LogP contribution in [-0.4, -0.2) is 44.3 Å². The van der Waals surface area contributed by atoms with E-state index < -0.39 is 14.4 Å². The van der Waals surface area contributed by atoms with Crippen molar-refractivity contribution in [3.8, 4) is 0 Å². The number of hydrogen-bond acceptors (Lipinski definition) is 5. The molecule has 1 saturated heterocycles. The quantitative estimate of drug-likeness (QED) is 0.257. The molecule has 1 aromatic carbocycles. The van der Waals surface area contributed by atoms with Gasteiger partial charge in [0, 0.05) is 25.9 Å². The second-order valence-electron chi connectivity index (χ2n) is 10.9. The SMILES string of the molecule is CCCCC[C@@H]1O[C@H](CCO[Si](C)(C)C(C)(C)C)C[C@H](CC(=O)C[C@H](O)c2ccccc2)O1. The summed E-state index contributed by atoms with van der Waals surface area (Å²) in [4.78, 5) is 12.7. The molecule has 0 spiro atoms. The van der Waals surface area contributed by atoms with Crippen molar-refractivity contribution < 1.29 is 23.8 Å². The van der Waals surface area contributed by atoms with Gasteiger partial charge in [-0.1, -0.05) is 70.9 Å². The average Bonchev–Trinajstić information content (AvgIpc) is 2.73. The lowest BCUT2D eigenvalue weighted by Gasteiger charge is -2.38. The van der Waals surface area contributed by atoms with E-state index in [0.29, 0.717) is 19.4 Å². The van der Waals surface area contributed by atoms with Crippen LogP contribution in [0.25, 0.3) is 0 Å². The van der Waals surface area contributed by atoms with Gasteiger partial charge in [-0.2, -0.15) is 0 Å². The van der Waals surface area contributed by atoms with Gasteiger partial charge in [0.15, 0.2) is 14.6 Å². The number of benzene rings is 1.